The van der Waals surface area contributed by atoms with Crippen LogP contribution in [0.15, 0.2) is 6.20 Å². The van der Waals surface area contributed by atoms with Crippen molar-refractivity contribution in [3.8, 4) is 6.07 Å². The number of aryl methyl sites for hydroxylation is 1. The minimum absolute atomic E-state index is 0.469. The fraction of sp³-hybridized carbons (Fsp3) is 0.500. The van der Waals surface area contributed by atoms with E-state index in [0.717, 1.165) is 17.7 Å². The van der Waals surface area contributed by atoms with Gasteiger partial charge in [-0.1, -0.05) is 6.92 Å². The van der Waals surface area contributed by atoms with E-state index in [1.165, 1.54) is 0 Å². The molecule has 1 aromatic rings. The Morgan fingerprint density at radius 3 is 3.00 bits per heavy atom. The summed E-state index contributed by atoms with van der Waals surface area (Å²) in [5.41, 5.74) is 2.21. The van der Waals surface area contributed by atoms with Crippen molar-refractivity contribution in [2.45, 2.75) is 19.8 Å². The lowest BCUT2D eigenvalue weighted by Crippen LogP contribution is -1.98. The van der Waals surface area contributed by atoms with E-state index in [1.54, 1.807) is 6.20 Å². The molecule has 1 aromatic heterocycles. The fourth-order valence-electron chi connectivity index (χ4n) is 1.20. The van der Waals surface area contributed by atoms with Gasteiger partial charge in [0.25, 0.3) is 0 Å². The van der Waals surface area contributed by atoms with Crippen molar-refractivity contribution >= 4 is 0 Å². The maximum absolute atomic E-state index is 8.46. The van der Waals surface area contributed by atoms with E-state index in [2.05, 4.69) is 18.1 Å². The topological polar surface area (TPSA) is 41.6 Å². The van der Waals surface area contributed by atoms with Crippen molar-refractivity contribution in [1.29, 1.82) is 5.26 Å². The van der Waals surface area contributed by atoms with Crippen LogP contribution < -0.4 is 0 Å². The molecular formula is C8H11N3. The van der Waals surface area contributed by atoms with Crippen LogP contribution in [-0.2, 0) is 19.9 Å². The number of hydrogen-bond acceptors (Lipinski definition) is 2. The van der Waals surface area contributed by atoms with Gasteiger partial charge < -0.3 is 0 Å². The summed E-state index contributed by atoms with van der Waals surface area (Å²) < 4.78 is 1.83. The Labute approximate surface area is 66.3 Å². The van der Waals surface area contributed by atoms with E-state index >= 15 is 0 Å². The number of nitriles is 1. The molecular weight excluding hydrogens is 138 g/mol. The van der Waals surface area contributed by atoms with Crippen molar-refractivity contribution in [2.24, 2.45) is 7.05 Å². The molecule has 0 N–H and O–H groups in total. The highest BCUT2D eigenvalue weighted by Gasteiger charge is 2.04. The second-order valence-electron chi connectivity index (χ2n) is 2.43. The van der Waals surface area contributed by atoms with Crippen LogP contribution in [0.3, 0.4) is 0 Å². The molecule has 11 heavy (non-hydrogen) atoms. The Morgan fingerprint density at radius 2 is 2.45 bits per heavy atom. The van der Waals surface area contributed by atoms with Crippen LogP contribution in [0.1, 0.15) is 18.2 Å². The molecule has 0 saturated heterocycles. The SMILES string of the molecule is CCc1c(CC#N)cnn1C. The molecule has 0 bridgehead atoms. The molecule has 58 valence electrons. The third-order valence-corrected chi connectivity index (χ3v) is 1.75. The minimum Gasteiger partial charge on any atom is -0.272 e. The highest BCUT2D eigenvalue weighted by molar-refractivity contribution is 5.20. The molecule has 0 aliphatic rings. The molecule has 0 atom stereocenters. The molecule has 0 fully saturated rings. The van der Waals surface area contributed by atoms with Gasteiger partial charge in [-0.25, -0.2) is 0 Å². The maximum atomic E-state index is 8.46. The molecule has 0 spiro atoms. The van der Waals surface area contributed by atoms with Crippen LogP contribution in [0.2, 0.25) is 0 Å². The number of aromatic nitrogens is 2. The van der Waals surface area contributed by atoms with Gasteiger partial charge in [0.15, 0.2) is 0 Å². The van der Waals surface area contributed by atoms with Crippen LogP contribution in [0.4, 0.5) is 0 Å². The monoisotopic (exact) mass is 149 g/mol. The zero-order valence-corrected chi connectivity index (χ0v) is 6.83. The minimum atomic E-state index is 0.469. The molecule has 0 unspecified atom stereocenters. The molecule has 0 amide bonds. The largest absolute Gasteiger partial charge is 0.272 e. The highest BCUT2D eigenvalue weighted by atomic mass is 15.3. The maximum Gasteiger partial charge on any atom is 0.0671 e. The number of hydrogen-bond donors (Lipinski definition) is 0. The molecule has 0 aliphatic carbocycles. The van der Waals surface area contributed by atoms with Crippen LogP contribution in [-0.4, -0.2) is 9.78 Å². The Balaban J connectivity index is 2.97. The Morgan fingerprint density at radius 1 is 1.73 bits per heavy atom. The summed E-state index contributed by atoms with van der Waals surface area (Å²) in [5.74, 6) is 0. The summed E-state index contributed by atoms with van der Waals surface area (Å²) in [6.45, 7) is 2.07. The van der Waals surface area contributed by atoms with Crippen LogP contribution >= 0.6 is 0 Å². The Kier molecular flexibility index (Phi) is 2.27. The van der Waals surface area contributed by atoms with Gasteiger partial charge in [0.2, 0.25) is 0 Å². The average Bonchev–Trinajstić information content (AvgIpc) is 2.33. The quantitative estimate of drug-likeness (QED) is 0.630. The first kappa shape index (κ1) is 7.80. The third kappa shape index (κ3) is 1.40. The van der Waals surface area contributed by atoms with Gasteiger partial charge in [-0.15, -0.1) is 0 Å². The van der Waals surface area contributed by atoms with Crippen molar-refractivity contribution in [3.63, 3.8) is 0 Å². The van der Waals surface area contributed by atoms with Crippen LogP contribution in [0, 0.1) is 11.3 Å². The third-order valence-electron chi connectivity index (χ3n) is 1.75. The molecule has 3 heteroatoms. The summed E-state index contributed by atoms with van der Waals surface area (Å²) in [6, 6.07) is 2.12. The van der Waals surface area contributed by atoms with Crippen molar-refractivity contribution in [2.75, 3.05) is 0 Å². The van der Waals surface area contributed by atoms with E-state index in [-0.39, 0.29) is 0 Å². The van der Waals surface area contributed by atoms with Crippen molar-refractivity contribution in [3.05, 3.63) is 17.5 Å². The second-order valence-corrected chi connectivity index (χ2v) is 2.43. The smallest absolute Gasteiger partial charge is 0.0671 e. The molecule has 1 rings (SSSR count). The van der Waals surface area contributed by atoms with Gasteiger partial charge in [0.05, 0.1) is 18.7 Å². The molecule has 0 aromatic carbocycles. The van der Waals surface area contributed by atoms with E-state index in [4.69, 9.17) is 5.26 Å². The number of rotatable bonds is 2. The second kappa shape index (κ2) is 3.20. The van der Waals surface area contributed by atoms with E-state index < -0.39 is 0 Å². The van der Waals surface area contributed by atoms with Crippen molar-refractivity contribution < 1.29 is 0 Å². The highest BCUT2D eigenvalue weighted by Crippen LogP contribution is 2.07. The van der Waals surface area contributed by atoms with Gasteiger partial charge in [-0.2, -0.15) is 10.4 Å². The molecule has 1 heterocycles. The molecule has 0 aliphatic heterocycles. The first-order valence-electron chi connectivity index (χ1n) is 3.66. The summed E-state index contributed by atoms with van der Waals surface area (Å²) >= 11 is 0. The van der Waals surface area contributed by atoms with Crippen LogP contribution in [0.5, 0.6) is 0 Å². The summed E-state index contributed by atoms with van der Waals surface area (Å²) in [4.78, 5) is 0. The number of nitrogens with zero attached hydrogens (tertiary/aromatic N) is 3. The van der Waals surface area contributed by atoms with E-state index in [1.807, 2.05) is 11.7 Å². The molecule has 0 radical (unpaired) electrons. The average molecular weight is 149 g/mol. The van der Waals surface area contributed by atoms with Gasteiger partial charge in [-0.05, 0) is 6.42 Å². The van der Waals surface area contributed by atoms with E-state index in [0.29, 0.717) is 6.42 Å². The fourth-order valence-corrected chi connectivity index (χ4v) is 1.20. The molecule has 3 nitrogen and oxygen atoms in total. The Hall–Kier alpha value is -1.30. The predicted octanol–water partition coefficient (Wildman–Crippen LogP) is 1.05. The lowest BCUT2D eigenvalue weighted by Gasteiger charge is -1.98. The summed E-state index contributed by atoms with van der Waals surface area (Å²) in [7, 11) is 1.90. The van der Waals surface area contributed by atoms with Crippen molar-refractivity contribution in [1.82, 2.24) is 9.78 Å². The van der Waals surface area contributed by atoms with Gasteiger partial charge >= 0.3 is 0 Å². The standard InChI is InChI=1S/C8H11N3/c1-3-8-7(4-5-9)6-10-11(8)2/h6H,3-4H2,1-2H3. The van der Waals surface area contributed by atoms with Gasteiger partial charge in [-0.3, -0.25) is 4.68 Å². The van der Waals surface area contributed by atoms with E-state index in [9.17, 15) is 0 Å². The van der Waals surface area contributed by atoms with Crippen LogP contribution in [0.25, 0.3) is 0 Å². The summed E-state index contributed by atoms with van der Waals surface area (Å²) in [6.07, 6.45) is 3.17. The lowest BCUT2D eigenvalue weighted by atomic mass is 10.1. The first-order valence-corrected chi connectivity index (χ1v) is 3.66. The predicted molar refractivity (Wildman–Crippen MR) is 41.9 cm³/mol. The zero-order valence-electron chi connectivity index (χ0n) is 6.83. The molecule has 0 saturated carbocycles. The van der Waals surface area contributed by atoms with Gasteiger partial charge in [0, 0.05) is 18.3 Å². The zero-order chi connectivity index (χ0) is 8.27. The summed E-state index contributed by atoms with van der Waals surface area (Å²) in [5, 5.41) is 12.5. The van der Waals surface area contributed by atoms with Gasteiger partial charge in [0.1, 0.15) is 0 Å². The normalized spacial score (nSPS) is 9.55. The lowest BCUT2D eigenvalue weighted by molar-refractivity contribution is 0.715. The first-order chi connectivity index (χ1) is 5.29. The Bertz CT molecular complexity index is 280.